The number of nitrogens with zero attached hydrogens (tertiary/aromatic N) is 2. The molecule has 1 amide bonds. The van der Waals surface area contributed by atoms with Gasteiger partial charge in [0.25, 0.3) is 5.91 Å². The van der Waals surface area contributed by atoms with Gasteiger partial charge in [0.2, 0.25) is 0 Å². The summed E-state index contributed by atoms with van der Waals surface area (Å²) in [6.45, 7) is 3.19. The third-order valence-corrected chi connectivity index (χ3v) is 4.67. The fourth-order valence-corrected chi connectivity index (χ4v) is 3.00. The molecule has 1 fully saturated rings. The van der Waals surface area contributed by atoms with Crippen LogP contribution in [0.4, 0.5) is 0 Å². The van der Waals surface area contributed by atoms with Gasteiger partial charge < -0.3 is 19.7 Å². The molecule has 1 aliphatic heterocycles. The molecular weight excluding hydrogens is 306 g/mol. The molecule has 24 heavy (non-hydrogen) atoms. The highest BCUT2D eigenvalue weighted by Crippen LogP contribution is 2.27. The summed E-state index contributed by atoms with van der Waals surface area (Å²) in [5, 5.41) is 13.4. The Morgan fingerprint density at radius 3 is 2.71 bits per heavy atom. The lowest BCUT2D eigenvalue weighted by Gasteiger charge is -2.34. The van der Waals surface area contributed by atoms with Crippen molar-refractivity contribution in [2.75, 3.05) is 13.2 Å². The Bertz CT molecular complexity index is 659. The molecule has 2 heterocycles. The van der Waals surface area contributed by atoms with Crippen molar-refractivity contribution < 1.29 is 14.6 Å². The first kappa shape index (κ1) is 16.7. The second-order valence-corrected chi connectivity index (χ2v) is 6.35. The predicted molar refractivity (Wildman–Crippen MR) is 89.6 cm³/mol. The molecule has 1 unspecified atom stereocenters. The number of hydrogen-bond acceptors (Lipinski definition) is 4. The summed E-state index contributed by atoms with van der Waals surface area (Å²) < 4.78 is 7.21. The van der Waals surface area contributed by atoms with E-state index in [0.717, 1.165) is 11.3 Å². The van der Waals surface area contributed by atoms with Gasteiger partial charge in [0.1, 0.15) is 5.60 Å². The van der Waals surface area contributed by atoms with Crippen LogP contribution >= 0.6 is 0 Å². The maximum Gasteiger partial charge on any atom is 0.252 e. The van der Waals surface area contributed by atoms with Crippen molar-refractivity contribution in [1.82, 2.24) is 14.9 Å². The number of carbonyl (C=O) groups excluding carboxylic acids is 1. The predicted octanol–water partition coefficient (Wildman–Crippen LogP) is 1.67. The van der Waals surface area contributed by atoms with Crippen molar-refractivity contribution >= 4 is 5.91 Å². The number of aliphatic hydroxyl groups is 1. The second-order valence-electron chi connectivity index (χ2n) is 6.35. The van der Waals surface area contributed by atoms with Crippen molar-refractivity contribution in [3.8, 4) is 5.69 Å². The first-order valence-electron chi connectivity index (χ1n) is 8.23. The number of hydrogen-bond donors (Lipinski definition) is 2. The monoisotopic (exact) mass is 329 g/mol. The van der Waals surface area contributed by atoms with Gasteiger partial charge in [0, 0.05) is 43.8 Å². The molecule has 6 heteroatoms. The van der Waals surface area contributed by atoms with Crippen molar-refractivity contribution in [2.45, 2.75) is 31.9 Å². The zero-order valence-corrected chi connectivity index (χ0v) is 13.8. The van der Waals surface area contributed by atoms with Gasteiger partial charge in [-0.2, -0.15) is 0 Å². The van der Waals surface area contributed by atoms with Crippen molar-refractivity contribution in [3.05, 3.63) is 48.5 Å². The average molecular weight is 329 g/mol. The van der Waals surface area contributed by atoms with Crippen LogP contribution in [0.3, 0.4) is 0 Å². The van der Waals surface area contributed by atoms with Gasteiger partial charge in [-0.1, -0.05) is 12.1 Å². The molecule has 0 saturated carbocycles. The van der Waals surface area contributed by atoms with Gasteiger partial charge in [0.15, 0.2) is 0 Å². The van der Waals surface area contributed by atoms with Crippen LogP contribution in [0.25, 0.3) is 5.69 Å². The molecule has 0 spiro atoms. The summed E-state index contributed by atoms with van der Waals surface area (Å²) in [5.74, 6) is -0.386. The van der Waals surface area contributed by atoms with Gasteiger partial charge in [-0.05, 0) is 37.5 Å². The van der Waals surface area contributed by atoms with E-state index in [1.807, 2.05) is 35.0 Å². The van der Waals surface area contributed by atoms with Crippen LogP contribution in [0.1, 0.15) is 25.3 Å². The molecule has 128 valence electrons. The second kappa shape index (κ2) is 7.15. The minimum absolute atomic E-state index is 0.0603. The molecule has 2 N–H and O–H groups in total. The fraction of sp³-hybridized carbons (Fsp3) is 0.444. The van der Waals surface area contributed by atoms with Crippen LogP contribution in [0, 0.1) is 5.92 Å². The Balaban J connectivity index is 1.57. The summed E-state index contributed by atoms with van der Waals surface area (Å²) in [7, 11) is 0. The van der Waals surface area contributed by atoms with Gasteiger partial charge >= 0.3 is 0 Å². The molecule has 1 aromatic heterocycles. The lowest BCUT2D eigenvalue weighted by molar-refractivity contribution is -0.147. The number of aromatic nitrogens is 2. The van der Waals surface area contributed by atoms with E-state index in [1.165, 1.54) is 0 Å². The minimum Gasteiger partial charge on any atom is -0.381 e. The number of rotatable bonds is 5. The SMILES string of the molecule is CC(O)(C(=O)NCc1ccc(-n2ccnc2)cc1)C1CCOCC1. The first-order chi connectivity index (χ1) is 11.6. The molecule has 6 nitrogen and oxygen atoms in total. The Labute approximate surface area is 141 Å². The third-order valence-electron chi connectivity index (χ3n) is 4.67. The smallest absolute Gasteiger partial charge is 0.252 e. The molecule has 3 rings (SSSR count). The highest BCUT2D eigenvalue weighted by molar-refractivity contribution is 5.84. The van der Waals surface area contributed by atoms with E-state index in [0.29, 0.717) is 32.6 Å². The van der Waals surface area contributed by atoms with E-state index in [1.54, 1.807) is 19.4 Å². The van der Waals surface area contributed by atoms with E-state index in [-0.39, 0.29) is 11.8 Å². The van der Waals surface area contributed by atoms with Gasteiger partial charge in [-0.25, -0.2) is 4.98 Å². The number of nitrogens with one attached hydrogen (secondary N) is 1. The number of carbonyl (C=O) groups is 1. The van der Waals surface area contributed by atoms with Crippen LogP contribution in [-0.4, -0.2) is 39.4 Å². The summed E-state index contributed by atoms with van der Waals surface area (Å²) >= 11 is 0. The van der Waals surface area contributed by atoms with Crippen LogP contribution in [0.5, 0.6) is 0 Å². The average Bonchev–Trinajstić information content (AvgIpc) is 3.15. The summed E-state index contributed by atoms with van der Waals surface area (Å²) in [4.78, 5) is 16.4. The van der Waals surface area contributed by atoms with E-state index in [2.05, 4.69) is 10.3 Å². The molecular formula is C18H23N3O3. The van der Waals surface area contributed by atoms with Crippen molar-refractivity contribution in [2.24, 2.45) is 5.92 Å². The van der Waals surface area contributed by atoms with Crippen LogP contribution < -0.4 is 5.32 Å². The molecule has 1 atom stereocenters. The highest BCUT2D eigenvalue weighted by Gasteiger charge is 2.39. The quantitative estimate of drug-likeness (QED) is 0.875. The molecule has 0 aliphatic carbocycles. The van der Waals surface area contributed by atoms with E-state index in [4.69, 9.17) is 4.74 Å². The fourth-order valence-electron chi connectivity index (χ4n) is 3.00. The topological polar surface area (TPSA) is 76.4 Å². The molecule has 1 aromatic carbocycles. The standard InChI is InChI=1S/C18H23N3O3/c1-18(23,15-6-10-24-11-7-15)17(22)20-12-14-2-4-16(5-3-14)21-9-8-19-13-21/h2-5,8-9,13,15,23H,6-7,10-12H2,1H3,(H,20,22). The molecule has 2 aromatic rings. The largest absolute Gasteiger partial charge is 0.381 e. The van der Waals surface area contributed by atoms with E-state index in [9.17, 15) is 9.90 Å². The first-order valence-corrected chi connectivity index (χ1v) is 8.23. The zero-order valence-electron chi connectivity index (χ0n) is 13.8. The molecule has 0 radical (unpaired) electrons. The molecule has 0 bridgehead atoms. The lowest BCUT2D eigenvalue weighted by atomic mass is 9.82. The lowest BCUT2D eigenvalue weighted by Crippen LogP contribution is -2.51. The van der Waals surface area contributed by atoms with Crippen LogP contribution in [0.15, 0.2) is 43.0 Å². The molecule has 1 saturated heterocycles. The van der Waals surface area contributed by atoms with Crippen molar-refractivity contribution in [3.63, 3.8) is 0 Å². The molecule has 1 aliphatic rings. The number of ether oxygens (including phenoxy) is 1. The Morgan fingerprint density at radius 2 is 2.08 bits per heavy atom. The number of imidazole rings is 1. The number of benzene rings is 1. The van der Waals surface area contributed by atoms with Gasteiger partial charge in [-0.15, -0.1) is 0 Å². The van der Waals surface area contributed by atoms with E-state index < -0.39 is 5.60 Å². The summed E-state index contributed by atoms with van der Waals surface area (Å²) in [6, 6.07) is 7.86. The maximum absolute atomic E-state index is 12.4. The van der Waals surface area contributed by atoms with Crippen LogP contribution in [-0.2, 0) is 16.1 Å². The minimum atomic E-state index is -1.36. The summed E-state index contributed by atoms with van der Waals surface area (Å²) in [5.41, 5.74) is 0.632. The summed E-state index contributed by atoms with van der Waals surface area (Å²) in [6.07, 6.45) is 6.76. The zero-order chi connectivity index (χ0) is 17.0. The third kappa shape index (κ3) is 3.66. The van der Waals surface area contributed by atoms with Crippen LogP contribution in [0.2, 0.25) is 0 Å². The highest BCUT2D eigenvalue weighted by atomic mass is 16.5. The van der Waals surface area contributed by atoms with E-state index >= 15 is 0 Å². The maximum atomic E-state index is 12.4. The van der Waals surface area contributed by atoms with Gasteiger partial charge in [-0.3, -0.25) is 4.79 Å². The Kier molecular flexibility index (Phi) is 4.97. The van der Waals surface area contributed by atoms with Gasteiger partial charge in [0.05, 0.1) is 6.33 Å². The number of amides is 1. The Morgan fingerprint density at radius 1 is 1.38 bits per heavy atom. The Hall–Kier alpha value is -2.18. The van der Waals surface area contributed by atoms with Crippen molar-refractivity contribution in [1.29, 1.82) is 0 Å². The normalized spacial score (nSPS) is 18.1.